The zero-order valence-electron chi connectivity index (χ0n) is 14.6. The Morgan fingerprint density at radius 1 is 1.00 bits per heavy atom. The van der Waals surface area contributed by atoms with Crippen molar-refractivity contribution < 1.29 is 27.5 Å². The molecule has 1 atom stereocenters. The molecule has 0 radical (unpaired) electrons. The molecule has 0 N–H and O–H groups in total. The van der Waals surface area contributed by atoms with Gasteiger partial charge in [-0.2, -0.15) is 0 Å². The van der Waals surface area contributed by atoms with E-state index >= 15 is 0 Å². The fourth-order valence-electron chi connectivity index (χ4n) is 2.86. The highest BCUT2D eigenvalue weighted by molar-refractivity contribution is 8.02. The summed E-state index contributed by atoms with van der Waals surface area (Å²) >= 11 is 0. The quantitative estimate of drug-likeness (QED) is 0.729. The molecule has 0 saturated carbocycles. The van der Waals surface area contributed by atoms with Gasteiger partial charge in [-0.05, 0) is 17.5 Å². The Bertz CT molecular complexity index is 978. The van der Waals surface area contributed by atoms with Crippen molar-refractivity contribution in [2.45, 2.75) is 18.6 Å². The second kappa shape index (κ2) is 7.75. The molecule has 1 unspecified atom stereocenters. The lowest BCUT2D eigenvalue weighted by Crippen LogP contribution is -2.17. The number of sulfone groups is 1. The SMILES string of the molecule is CCCOC(=O)OC1=C(c2ccccc2)S(=O)(=O)C(c2ccccc2)C1=O. The molecule has 3 rings (SSSR count). The molecule has 0 aromatic heterocycles. The van der Waals surface area contributed by atoms with Gasteiger partial charge in [-0.3, -0.25) is 4.79 Å². The number of hydrogen-bond acceptors (Lipinski definition) is 6. The van der Waals surface area contributed by atoms with Gasteiger partial charge in [-0.25, -0.2) is 13.2 Å². The van der Waals surface area contributed by atoms with Crippen LogP contribution in [0.1, 0.15) is 29.7 Å². The average Bonchev–Trinajstić information content (AvgIpc) is 2.86. The van der Waals surface area contributed by atoms with Gasteiger partial charge in [0, 0.05) is 0 Å². The summed E-state index contributed by atoms with van der Waals surface area (Å²) in [4.78, 5) is 24.6. The standard InChI is InChI=1S/C20H18O6S/c1-2-13-25-20(22)26-17-16(21)18(14-9-5-3-6-10-14)27(23,24)19(17)15-11-7-4-8-12-15/h3-12,18H,2,13H2,1H3. The summed E-state index contributed by atoms with van der Waals surface area (Å²) in [5, 5.41) is -1.46. The van der Waals surface area contributed by atoms with E-state index in [0.29, 0.717) is 12.0 Å². The van der Waals surface area contributed by atoms with Crippen LogP contribution in [0.5, 0.6) is 0 Å². The number of ketones is 1. The van der Waals surface area contributed by atoms with Crippen LogP contribution >= 0.6 is 0 Å². The second-order valence-corrected chi connectivity index (χ2v) is 7.89. The summed E-state index contributed by atoms with van der Waals surface area (Å²) < 4.78 is 36.3. The average molecular weight is 386 g/mol. The van der Waals surface area contributed by atoms with E-state index in [-0.39, 0.29) is 17.1 Å². The largest absolute Gasteiger partial charge is 0.514 e. The van der Waals surface area contributed by atoms with Gasteiger partial charge in [0.05, 0.1) is 6.61 Å². The number of hydrogen-bond donors (Lipinski definition) is 0. The minimum atomic E-state index is -4.10. The van der Waals surface area contributed by atoms with Crippen molar-refractivity contribution in [3.05, 3.63) is 77.5 Å². The zero-order valence-corrected chi connectivity index (χ0v) is 15.4. The second-order valence-electron chi connectivity index (χ2n) is 5.92. The van der Waals surface area contributed by atoms with Crippen LogP contribution in [0.25, 0.3) is 4.91 Å². The Morgan fingerprint density at radius 3 is 2.19 bits per heavy atom. The van der Waals surface area contributed by atoms with E-state index in [2.05, 4.69) is 0 Å². The van der Waals surface area contributed by atoms with Crippen LogP contribution in [0.4, 0.5) is 4.79 Å². The normalized spacial score (nSPS) is 18.4. The molecule has 27 heavy (non-hydrogen) atoms. The van der Waals surface area contributed by atoms with Crippen LogP contribution < -0.4 is 0 Å². The van der Waals surface area contributed by atoms with Gasteiger partial charge in [0.15, 0.2) is 20.8 Å². The minimum absolute atomic E-state index is 0.107. The lowest BCUT2D eigenvalue weighted by atomic mass is 10.1. The van der Waals surface area contributed by atoms with Crippen molar-refractivity contribution in [1.82, 2.24) is 0 Å². The third-order valence-electron chi connectivity index (χ3n) is 4.01. The molecule has 7 heteroatoms. The highest BCUT2D eigenvalue weighted by atomic mass is 32.2. The molecular weight excluding hydrogens is 368 g/mol. The van der Waals surface area contributed by atoms with E-state index in [1.54, 1.807) is 67.6 Å². The molecule has 0 bridgehead atoms. The van der Waals surface area contributed by atoms with E-state index in [4.69, 9.17) is 9.47 Å². The first-order valence-corrected chi connectivity index (χ1v) is 9.98. The maximum atomic E-state index is 13.2. The van der Waals surface area contributed by atoms with E-state index in [1.165, 1.54) is 0 Å². The Morgan fingerprint density at radius 2 is 1.59 bits per heavy atom. The first-order valence-electron chi connectivity index (χ1n) is 8.44. The maximum absolute atomic E-state index is 13.2. The van der Waals surface area contributed by atoms with Gasteiger partial charge in [-0.15, -0.1) is 0 Å². The van der Waals surface area contributed by atoms with Crippen molar-refractivity contribution >= 4 is 26.7 Å². The summed E-state index contributed by atoms with van der Waals surface area (Å²) in [6, 6.07) is 16.2. The predicted molar refractivity (Wildman–Crippen MR) is 99.2 cm³/mol. The summed E-state index contributed by atoms with van der Waals surface area (Å²) in [7, 11) is -4.10. The van der Waals surface area contributed by atoms with Crippen LogP contribution in [-0.4, -0.2) is 27.0 Å². The Hall–Kier alpha value is -2.93. The molecule has 0 saturated heterocycles. The molecule has 0 aliphatic carbocycles. The molecule has 2 aromatic rings. The molecule has 1 heterocycles. The molecule has 0 fully saturated rings. The number of carbonyl (C=O) groups excluding carboxylic acids is 2. The van der Waals surface area contributed by atoms with Gasteiger partial charge in [0.2, 0.25) is 5.78 Å². The zero-order chi connectivity index (χ0) is 19.4. The third kappa shape index (κ3) is 3.64. The summed E-state index contributed by atoms with van der Waals surface area (Å²) in [5.74, 6) is -1.29. The lowest BCUT2D eigenvalue weighted by molar-refractivity contribution is -0.117. The monoisotopic (exact) mass is 386 g/mol. The van der Waals surface area contributed by atoms with Gasteiger partial charge in [0.25, 0.3) is 0 Å². The fourth-order valence-corrected chi connectivity index (χ4v) is 4.86. The van der Waals surface area contributed by atoms with Crippen LogP contribution in [-0.2, 0) is 24.1 Å². The molecule has 140 valence electrons. The molecule has 0 amide bonds. The molecule has 0 spiro atoms. The number of rotatable bonds is 5. The Kier molecular flexibility index (Phi) is 5.41. The predicted octanol–water partition coefficient (Wildman–Crippen LogP) is 3.66. The van der Waals surface area contributed by atoms with E-state index < -0.39 is 32.8 Å². The molecule has 2 aromatic carbocycles. The van der Waals surface area contributed by atoms with Crippen LogP contribution in [0.3, 0.4) is 0 Å². The Labute approximate surface area is 157 Å². The van der Waals surface area contributed by atoms with E-state index in [0.717, 1.165) is 0 Å². The van der Waals surface area contributed by atoms with Crippen LogP contribution in [0.2, 0.25) is 0 Å². The molecular formula is C20H18O6S. The van der Waals surface area contributed by atoms with Crippen molar-refractivity contribution in [2.24, 2.45) is 0 Å². The minimum Gasteiger partial charge on any atom is -0.434 e. The lowest BCUT2D eigenvalue weighted by Gasteiger charge is -2.10. The highest BCUT2D eigenvalue weighted by Crippen LogP contribution is 2.44. The first-order chi connectivity index (χ1) is 13.0. The van der Waals surface area contributed by atoms with Crippen molar-refractivity contribution in [3.8, 4) is 0 Å². The van der Waals surface area contributed by atoms with Crippen molar-refractivity contribution in [2.75, 3.05) is 6.61 Å². The highest BCUT2D eigenvalue weighted by Gasteiger charge is 2.50. The number of Topliss-reactive ketones (excluding diaryl/α,β-unsaturated/α-hetero) is 1. The number of allylic oxidation sites excluding steroid dienone is 1. The number of carbonyl (C=O) groups is 2. The summed E-state index contributed by atoms with van der Waals surface area (Å²) in [5.41, 5.74) is 0.596. The third-order valence-corrected chi connectivity index (χ3v) is 6.11. The van der Waals surface area contributed by atoms with E-state index in [1.807, 2.05) is 0 Å². The fraction of sp³-hybridized carbons (Fsp3) is 0.200. The number of benzene rings is 2. The van der Waals surface area contributed by atoms with Crippen LogP contribution in [0.15, 0.2) is 66.4 Å². The van der Waals surface area contributed by atoms with Gasteiger partial charge < -0.3 is 9.47 Å². The summed E-state index contributed by atoms with van der Waals surface area (Å²) in [6.45, 7) is 1.91. The van der Waals surface area contributed by atoms with Crippen LogP contribution in [0, 0.1) is 0 Å². The molecule has 6 nitrogen and oxygen atoms in total. The van der Waals surface area contributed by atoms with Gasteiger partial charge in [0.1, 0.15) is 4.91 Å². The Balaban J connectivity index is 2.11. The topological polar surface area (TPSA) is 86.7 Å². The van der Waals surface area contributed by atoms with Gasteiger partial charge >= 0.3 is 6.16 Å². The van der Waals surface area contributed by atoms with Crippen molar-refractivity contribution in [3.63, 3.8) is 0 Å². The molecule has 1 aliphatic heterocycles. The molecule has 1 aliphatic rings. The number of ether oxygens (including phenoxy) is 2. The van der Waals surface area contributed by atoms with E-state index in [9.17, 15) is 18.0 Å². The van der Waals surface area contributed by atoms with Gasteiger partial charge in [-0.1, -0.05) is 67.6 Å². The first kappa shape index (κ1) is 18.8. The summed E-state index contributed by atoms with van der Waals surface area (Å²) in [6.07, 6.45) is -0.531. The van der Waals surface area contributed by atoms with Crippen molar-refractivity contribution in [1.29, 1.82) is 0 Å². The maximum Gasteiger partial charge on any atom is 0.514 e. The smallest absolute Gasteiger partial charge is 0.434 e.